The molecule has 0 aliphatic carbocycles. The van der Waals surface area contributed by atoms with Gasteiger partial charge in [-0.25, -0.2) is 0 Å². The van der Waals surface area contributed by atoms with Crippen LogP contribution in [0.2, 0.25) is 0 Å². The maximum atomic E-state index is 12.7. The third-order valence-corrected chi connectivity index (χ3v) is 5.73. The average molecular weight is 386 g/mol. The number of rotatable bonds is 4. The van der Waals surface area contributed by atoms with Gasteiger partial charge in [-0.2, -0.15) is 0 Å². The van der Waals surface area contributed by atoms with Crippen LogP contribution in [0.1, 0.15) is 23.2 Å². The third-order valence-electron chi connectivity index (χ3n) is 5.73. The van der Waals surface area contributed by atoms with Crippen LogP contribution in [0, 0.1) is 11.3 Å². The summed E-state index contributed by atoms with van der Waals surface area (Å²) < 4.78 is 46.0. The Hall–Kier alpha value is -1.80. The Bertz CT molecular complexity index is 655. The molecule has 0 radical (unpaired) electrons. The fourth-order valence-electron chi connectivity index (χ4n) is 4.44. The Labute approximate surface area is 157 Å². The molecule has 1 atom stereocenters. The standard InChI is InChI=1S/C19H25F3N2O3/c1-23-11-15(12-26-2)18(13-23)7-9-24(10-8-18)17(25)14-3-5-16(6-4-14)27-19(20,21)22/h3-6,15H,7-13H2,1-2H3. The van der Waals surface area contributed by atoms with E-state index in [0.717, 1.165) is 32.5 Å². The van der Waals surface area contributed by atoms with Gasteiger partial charge in [-0.1, -0.05) is 0 Å². The van der Waals surface area contributed by atoms with E-state index in [9.17, 15) is 18.0 Å². The van der Waals surface area contributed by atoms with Crippen molar-refractivity contribution < 1.29 is 27.4 Å². The summed E-state index contributed by atoms with van der Waals surface area (Å²) in [5, 5.41) is 0. The molecule has 3 rings (SSSR count). The van der Waals surface area contributed by atoms with Crippen LogP contribution < -0.4 is 4.74 Å². The molecule has 27 heavy (non-hydrogen) atoms. The van der Waals surface area contributed by atoms with E-state index >= 15 is 0 Å². The van der Waals surface area contributed by atoms with Crippen molar-refractivity contribution in [2.45, 2.75) is 19.2 Å². The molecule has 0 N–H and O–H groups in total. The molecule has 150 valence electrons. The fourth-order valence-corrected chi connectivity index (χ4v) is 4.44. The Morgan fingerprint density at radius 1 is 1.22 bits per heavy atom. The maximum Gasteiger partial charge on any atom is 0.573 e. The number of likely N-dealkylation sites (tertiary alicyclic amines) is 2. The van der Waals surface area contributed by atoms with Gasteiger partial charge in [0.1, 0.15) is 5.75 Å². The smallest absolute Gasteiger partial charge is 0.406 e. The summed E-state index contributed by atoms with van der Waals surface area (Å²) in [6.07, 6.45) is -2.92. The molecule has 0 saturated carbocycles. The summed E-state index contributed by atoms with van der Waals surface area (Å²) >= 11 is 0. The molecule has 2 aliphatic heterocycles. The zero-order valence-electron chi connectivity index (χ0n) is 15.6. The molecule has 0 bridgehead atoms. The summed E-state index contributed by atoms with van der Waals surface area (Å²) in [6, 6.07) is 5.11. The van der Waals surface area contributed by atoms with E-state index in [-0.39, 0.29) is 17.1 Å². The minimum Gasteiger partial charge on any atom is -0.406 e. The zero-order valence-corrected chi connectivity index (χ0v) is 15.6. The first kappa shape index (κ1) is 19.9. The second-order valence-corrected chi connectivity index (χ2v) is 7.58. The average Bonchev–Trinajstić information content (AvgIpc) is 2.89. The van der Waals surface area contributed by atoms with Crippen LogP contribution >= 0.6 is 0 Å². The van der Waals surface area contributed by atoms with Gasteiger partial charge in [0, 0.05) is 44.8 Å². The number of amides is 1. The first-order valence-electron chi connectivity index (χ1n) is 9.05. The van der Waals surface area contributed by atoms with E-state index in [0.29, 0.717) is 24.6 Å². The molecule has 0 aromatic heterocycles. The van der Waals surface area contributed by atoms with E-state index in [1.807, 2.05) is 0 Å². The van der Waals surface area contributed by atoms with Crippen LogP contribution in [0.5, 0.6) is 5.75 Å². The summed E-state index contributed by atoms with van der Waals surface area (Å²) in [5.74, 6) is -0.0188. The lowest BCUT2D eigenvalue weighted by Gasteiger charge is -2.42. The van der Waals surface area contributed by atoms with Crippen LogP contribution in [-0.2, 0) is 4.74 Å². The largest absolute Gasteiger partial charge is 0.573 e. The number of alkyl halides is 3. The number of benzene rings is 1. The van der Waals surface area contributed by atoms with E-state index in [1.165, 1.54) is 24.3 Å². The number of carbonyl (C=O) groups is 1. The number of ether oxygens (including phenoxy) is 2. The molecule has 8 heteroatoms. The Morgan fingerprint density at radius 2 is 1.85 bits per heavy atom. The first-order chi connectivity index (χ1) is 12.7. The lowest BCUT2D eigenvalue weighted by molar-refractivity contribution is -0.274. The van der Waals surface area contributed by atoms with Gasteiger partial charge in [-0.3, -0.25) is 4.79 Å². The van der Waals surface area contributed by atoms with Crippen molar-refractivity contribution in [3.8, 4) is 5.75 Å². The molecule has 1 spiro atoms. The Kier molecular flexibility index (Phi) is 5.67. The van der Waals surface area contributed by atoms with Crippen LogP contribution in [0.4, 0.5) is 13.2 Å². The monoisotopic (exact) mass is 386 g/mol. The van der Waals surface area contributed by atoms with Crippen molar-refractivity contribution in [3.63, 3.8) is 0 Å². The summed E-state index contributed by atoms with van der Waals surface area (Å²) in [6.45, 7) is 4.02. The maximum absolute atomic E-state index is 12.7. The third kappa shape index (κ3) is 4.55. The van der Waals surface area contributed by atoms with Crippen molar-refractivity contribution in [3.05, 3.63) is 29.8 Å². The zero-order chi connectivity index (χ0) is 19.7. The quantitative estimate of drug-likeness (QED) is 0.798. The number of hydrogen-bond donors (Lipinski definition) is 0. The van der Waals surface area contributed by atoms with Gasteiger partial charge in [0.15, 0.2) is 0 Å². The SMILES string of the molecule is COCC1CN(C)CC12CCN(C(=O)c1ccc(OC(F)(F)F)cc1)CC2. The highest BCUT2D eigenvalue weighted by Gasteiger charge is 2.47. The normalized spacial score (nSPS) is 23.0. The number of piperidine rings is 1. The molecule has 2 saturated heterocycles. The van der Waals surface area contributed by atoms with Crippen LogP contribution in [0.15, 0.2) is 24.3 Å². The minimum atomic E-state index is -4.74. The van der Waals surface area contributed by atoms with E-state index in [4.69, 9.17) is 4.74 Å². The number of methoxy groups -OCH3 is 1. The second kappa shape index (κ2) is 7.67. The summed E-state index contributed by atoms with van der Waals surface area (Å²) in [4.78, 5) is 16.8. The number of carbonyl (C=O) groups excluding carboxylic acids is 1. The van der Waals surface area contributed by atoms with Gasteiger partial charge in [0.2, 0.25) is 0 Å². The number of nitrogens with zero attached hydrogens (tertiary/aromatic N) is 2. The van der Waals surface area contributed by atoms with Gasteiger partial charge < -0.3 is 19.3 Å². The predicted octanol–water partition coefficient (Wildman–Crippen LogP) is 3.02. The summed E-state index contributed by atoms with van der Waals surface area (Å²) in [5.41, 5.74) is 0.545. The van der Waals surface area contributed by atoms with Gasteiger partial charge >= 0.3 is 6.36 Å². The van der Waals surface area contributed by atoms with Crippen molar-refractivity contribution in [2.24, 2.45) is 11.3 Å². The Morgan fingerprint density at radius 3 is 2.41 bits per heavy atom. The number of halogens is 3. The van der Waals surface area contributed by atoms with Gasteiger partial charge in [0.05, 0.1) is 6.61 Å². The molecule has 2 aliphatic rings. The summed E-state index contributed by atoms with van der Waals surface area (Å²) in [7, 11) is 3.83. The molecule has 1 aromatic rings. The lowest BCUT2D eigenvalue weighted by Crippen LogP contribution is -2.47. The van der Waals surface area contributed by atoms with Crippen molar-refractivity contribution in [2.75, 3.05) is 46.9 Å². The highest BCUT2D eigenvalue weighted by atomic mass is 19.4. The van der Waals surface area contributed by atoms with Gasteiger partial charge in [0.25, 0.3) is 5.91 Å². The molecule has 2 fully saturated rings. The highest BCUT2D eigenvalue weighted by Crippen LogP contribution is 2.44. The molecular formula is C19H25F3N2O3. The predicted molar refractivity (Wildman–Crippen MR) is 93.6 cm³/mol. The van der Waals surface area contributed by atoms with Crippen molar-refractivity contribution >= 4 is 5.91 Å². The number of hydrogen-bond acceptors (Lipinski definition) is 4. The van der Waals surface area contributed by atoms with Crippen molar-refractivity contribution in [1.29, 1.82) is 0 Å². The molecule has 1 amide bonds. The molecular weight excluding hydrogens is 361 g/mol. The molecule has 2 heterocycles. The van der Waals surface area contributed by atoms with E-state index in [1.54, 1.807) is 12.0 Å². The Balaban J connectivity index is 1.61. The first-order valence-corrected chi connectivity index (χ1v) is 9.05. The van der Waals surface area contributed by atoms with Crippen LogP contribution in [0.3, 0.4) is 0 Å². The van der Waals surface area contributed by atoms with Crippen LogP contribution in [-0.4, -0.2) is 69.0 Å². The molecule has 1 aromatic carbocycles. The second-order valence-electron chi connectivity index (χ2n) is 7.58. The van der Waals surface area contributed by atoms with Crippen molar-refractivity contribution in [1.82, 2.24) is 9.80 Å². The topological polar surface area (TPSA) is 42.0 Å². The van der Waals surface area contributed by atoms with Gasteiger partial charge in [-0.15, -0.1) is 13.2 Å². The highest BCUT2D eigenvalue weighted by molar-refractivity contribution is 5.94. The fraction of sp³-hybridized carbons (Fsp3) is 0.632. The minimum absolute atomic E-state index is 0.155. The van der Waals surface area contributed by atoms with Gasteiger partial charge in [-0.05, 0) is 49.6 Å². The molecule has 5 nitrogen and oxygen atoms in total. The van der Waals surface area contributed by atoms with E-state index in [2.05, 4.69) is 16.7 Å². The van der Waals surface area contributed by atoms with E-state index < -0.39 is 6.36 Å². The molecule has 1 unspecified atom stereocenters. The lowest BCUT2D eigenvalue weighted by atomic mass is 9.71. The van der Waals surface area contributed by atoms with Crippen LogP contribution in [0.25, 0.3) is 0 Å².